The van der Waals surface area contributed by atoms with Crippen LogP contribution in [0.1, 0.15) is 30.3 Å². The van der Waals surface area contributed by atoms with Crippen LogP contribution in [0.15, 0.2) is 16.7 Å². The lowest BCUT2D eigenvalue weighted by molar-refractivity contribution is 0.664. The minimum atomic E-state index is 0.696. The molecule has 2 heterocycles. The molecule has 108 valence electrons. The van der Waals surface area contributed by atoms with Crippen LogP contribution in [-0.4, -0.2) is 21.3 Å². The van der Waals surface area contributed by atoms with Crippen LogP contribution < -0.4 is 5.32 Å². The Balaban J connectivity index is 2.42. The lowest BCUT2D eigenvalue weighted by atomic mass is 10.2. The van der Waals surface area contributed by atoms with E-state index in [0.717, 1.165) is 46.8 Å². The minimum Gasteiger partial charge on any atom is -0.313 e. The number of hydrogen-bond acceptors (Lipinski definition) is 3. The fourth-order valence-electron chi connectivity index (χ4n) is 2.02. The maximum absolute atomic E-state index is 6.22. The maximum atomic E-state index is 6.22. The van der Waals surface area contributed by atoms with Crippen molar-refractivity contribution in [1.82, 2.24) is 20.1 Å². The summed E-state index contributed by atoms with van der Waals surface area (Å²) in [4.78, 5) is 4.50. The summed E-state index contributed by atoms with van der Waals surface area (Å²) in [7, 11) is 0. The molecule has 20 heavy (non-hydrogen) atoms. The topological polar surface area (TPSA) is 42.7 Å². The average molecular weight is 358 g/mol. The highest BCUT2D eigenvalue weighted by atomic mass is 79.9. The van der Waals surface area contributed by atoms with Crippen LogP contribution in [0, 0.1) is 13.8 Å². The van der Waals surface area contributed by atoms with E-state index in [1.165, 1.54) is 0 Å². The molecule has 0 aliphatic rings. The summed E-state index contributed by atoms with van der Waals surface area (Å²) in [5.41, 5.74) is 2.83. The molecule has 0 spiro atoms. The average Bonchev–Trinajstić information content (AvgIpc) is 2.67. The van der Waals surface area contributed by atoms with Crippen molar-refractivity contribution in [3.8, 4) is 5.82 Å². The molecule has 2 rings (SSSR count). The SMILES string of the molecule is CCCNCc1cc(Br)cnc1-n1nc(C)c(Cl)c1C. The lowest BCUT2D eigenvalue weighted by Crippen LogP contribution is -2.17. The van der Waals surface area contributed by atoms with Gasteiger partial charge in [-0.1, -0.05) is 18.5 Å². The molecule has 0 saturated heterocycles. The standard InChI is InChI=1S/C14H18BrClN4/c1-4-5-17-7-11-6-12(15)8-18-14(11)20-10(3)13(16)9(2)19-20/h6,8,17H,4-5,7H2,1-3H3. The zero-order chi connectivity index (χ0) is 14.7. The van der Waals surface area contributed by atoms with Crippen LogP contribution in [-0.2, 0) is 6.54 Å². The van der Waals surface area contributed by atoms with Gasteiger partial charge in [-0.05, 0) is 48.8 Å². The minimum absolute atomic E-state index is 0.696. The second kappa shape index (κ2) is 6.70. The molecule has 2 aromatic rings. The van der Waals surface area contributed by atoms with E-state index >= 15 is 0 Å². The van der Waals surface area contributed by atoms with E-state index in [-0.39, 0.29) is 0 Å². The van der Waals surface area contributed by atoms with Crippen molar-refractivity contribution in [1.29, 1.82) is 0 Å². The van der Waals surface area contributed by atoms with Crippen LogP contribution in [0.5, 0.6) is 0 Å². The maximum Gasteiger partial charge on any atom is 0.158 e. The molecular formula is C14H18BrClN4. The zero-order valence-electron chi connectivity index (χ0n) is 11.9. The van der Waals surface area contributed by atoms with E-state index in [1.807, 2.05) is 18.5 Å². The molecule has 0 amide bonds. The lowest BCUT2D eigenvalue weighted by Gasteiger charge is -2.11. The van der Waals surface area contributed by atoms with Crippen molar-refractivity contribution in [2.45, 2.75) is 33.7 Å². The summed E-state index contributed by atoms with van der Waals surface area (Å²) in [5, 5.41) is 8.57. The predicted molar refractivity (Wildman–Crippen MR) is 85.5 cm³/mol. The van der Waals surface area contributed by atoms with Gasteiger partial charge in [0.2, 0.25) is 0 Å². The Morgan fingerprint density at radius 1 is 1.40 bits per heavy atom. The number of aryl methyl sites for hydroxylation is 1. The highest BCUT2D eigenvalue weighted by Crippen LogP contribution is 2.24. The molecule has 0 unspecified atom stereocenters. The van der Waals surface area contributed by atoms with Gasteiger partial charge in [-0.15, -0.1) is 0 Å². The molecule has 0 saturated carbocycles. The summed E-state index contributed by atoms with van der Waals surface area (Å²) < 4.78 is 2.77. The first-order valence-electron chi connectivity index (χ1n) is 6.61. The molecule has 0 fully saturated rings. The van der Waals surface area contributed by atoms with Gasteiger partial charge in [0.1, 0.15) is 0 Å². The fraction of sp³-hybridized carbons (Fsp3) is 0.429. The molecule has 1 N–H and O–H groups in total. The monoisotopic (exact) mass is 356 g/mol. The van der Waals surface area contributed by atoms with Crippen molar-refractivity contribution in [3.63, 3.8) is 0 Å². The molecule has 0 radical (unpaired) electrons. The van der Waals surface area contributed by atoms with Crippen molar-refractivity contribution >= 4 is 27.5 Å². The number of nitrogens with zero attached hydrogens (tertiary/aromatic N) is 3. The molecule has 2 aromatic heterocycles. The Hall–Kier alpha value is -0.910. The Labute approximate surface area is 132 Å². The Kier molecular flexibility index (Phi) is 5.18. The number of rotatable bonds is 5. The van der Waals surface area contributed by atoms with Gasteiger partial charge < -0.3 is 5.32 Å². The number of hydrogen-bond donors (Lipinski definition) is 1. The number of aromatic nitrogens is 3. The van der Waals surface area contributed by atoms with Crippen molar-refractivity contribution in [2.75, 3.05) is 6.54 Å². The van der Waals surface area contributed by atoms with E-state index in [9.17, 15) is 0 Å². The molecule has 0 aliphatic heterocycles. The molecule has 0 aliphatic carbocycles. The van der Waals surface area contributed by atoms with E-state index in [4.69, 9.17) is 11.6 Å². The largest absolute Gasteiger partial charge is 0.313 e. The summed E-state index contributed by atoms with van der Waals surface area (Å²) in [6.07, 6.45) is 2.88. The highest BCUT2D eigenvalue weighted by molar-refractivity contribution is 9.10. The summed E-state index contributed by atoms with van der Waals surface area (Å²) in [6, 6.07) is 2.06. The summed E-state index contributed by atoms with van der Waals surface area (Å²) >= 11 is 9.69. The first-order valence-corrected chi connectivity index (χ1v) is 7.79. The van der Waals surface area contributed by atoms with Crippen molar-refractivity contribution in [3.05, 3.63) is 38.7 Å². The van der Waals surface area contributed by atoms with Crippen LogP contribution in [0.2, 0.25) is 5.02 Å². The van der Waals surface area contributed by atoms with Gasteiger partial charge in [-0.25, -0.2) is 9.67 Å². The Morgan fingerprint density at radius 2 is 2.15 bits per heavy atom. The molecule has 0 bridgehead atoms. The van der Waals surface area contributed by atoms with E-state index in [1.54, 1.807) is 6.20 Å². The third-order valence-corrected chi connectivity index (χ3v) is 4.04. The van der Waals surface area contributed by atoms with E-state index in [0.29, 0.717) is 5.02 Å². The predicted octanol–water partition coefficient (Wildman–Crippen LogP) is 3.80. The first-order chi connectivity index (χ1) is 9.54. The first kappa shape index (κ1) is 15.5. The number of halogens is 2. The highest BCUT2D eigenvalue weighted by Gasteiger charge is 2.15. The second-order valence-corrected chi connectivity index (χ2v) is 6.00. The molecule has 0 aromatic carbocycles. The van der Waals surface area contributed by atoms with Crippen molar-refractivity contribution < 1.29 is 0 Å². The van der Waals surface area contributed by atoms with E-state index < -0.39 is 0 Å². The van der Waals surface area contributed by atoms with Gasteiger partial charge in [0, 0.05) is 22.8 Å². The third kappa shape index (κ3) is 3.22. The van der Waals surface area contributed by atoms with Gasteiger partial charge in [0.15, 0.2) is 5.82 Å². The number of nitrogens with one attached hydrogen (secondary N) is 1. The molecule has 0 atom stereocenters. The Bertz CT molecular complexity index is 609. The summed E-state index contributed by atoms with van der Waals surface area (Å²) in [6.45, 7) is 7.73. The fourth-order valence-corrected chi connectivity index (χ4v) is 2.52. The smallest absolute Gasteiger partial charge is 0.158 e. The van der Waals surface area contributed by atoms with Gasteiger partial charge in [0.25, 0.3) is 0 Å². The van der Waals surface area contributed by atoms with Crippen LogP contribution in [0.3, 0.4) is 0 Å². The van der Waals surface area contributed by atoms with Crippen LogP contribution in [0.4, 0.5) is 0 Å². The van der Waals surface area contributed by atoms with Crippen LogP contribution >= 0.6 is 27.5 Å². The van der Waals surface area contributed by atoms with Crippen LogP contribution in [0.25, 0.3) is 5.82 Å². The quantitative estimate of drug-likeness (QED) is 0.828. The Morgan fingerprint density at radius 3 is 2.75 bits per heavy atom. The van der Waals surface area contributed by atoms with Crippen molar-refractivity contribution in [2.24, 2.45) is 0 Å². The van der Waals surface area contributed by atoms with Gasteiger partial charge >= 0.3 is 0 Å². The summed E-state index contributed by atoms with van der Waals surface area (Å²) in [5.74, 6) is 0.823. The third-order valence-electron chi connectivity index (χ3n) is 3.06. The van der Waals surface area contributed by atoms with Gasteiger partial charge in [-0.3, -0.25) is 0 Å². The second-order valence-electron chi connectivity index (χ2n) is 4.71. The molecule has 6 heteroatoms. The van der Waals surface area contributed by atoms with E-state index in [2.05, 4.69) is 44.3 Å². The molecular weight excluding hydrogens is 340 g/mol. The van der Waals surface area contributed by atoms with Gasteiger partial charge in [0.05, 0.1) is 16.4 Å². The zero-order valence-corrected chi connectivity index (χ0v) is 14.2. The van der Waals surface area contributed by atoms with Gasteiger partial charge in [-0.2, -0.15) is 5.10 Å². The number of pyridine rings is 1. The normalized spacial score (nSPS) is 11.1. The molecule has 4 nitrogen and oxygen atoms in total.